The summed E-state index contributed by atoms with van der Waals surface area (Å²) in [7, 11) is 0. The van der Waals surface area contributed by atoms with E-state index in [-0.39, 0.29) is 11.8 Å². The molecule has 0 fully saturated rings. The number of nitrogens with zero attached hydrogens (tertiary/aromatic N) is 2. The standard InChI is InChI=1S/C15H17FN4O4/c1-3-17-13(22)9(2)18-12(21)8-20-15(23)24-14(19-20)10-4-6-11(16)7-5-10/h4-7,9H,3,8H2,1-2H3,(H,17,22)(H,18,21)/t9-/m1/s1. The highest BCUT2D eigenvalue weighted by atomic mass is 19.1. The number of benzene rings is 1. The summed E-state index contributed by atoms with van der Waals surface area (Å²) in [5.74, 6) is -2.17. The van der Waals surface area contributed by atoms with Crippen LogP contribution >= 0.6 is 0 Å². The smallest absolute Gasteiger partial charge is 0.388 e. The molecule has 0 saturated heterocycles. The summed E-state index contributed by atoms with van der Waals surface area (Å²) in [6.07, 6.45) is 0. The number of carbonyl (C=O) groups excluding carboxylic acids is 2. The van der Waals surface area contributed by atoms with Gasteiger partial charge in [0.05, 0.1) is 0 Å². The molecule has 9 heteroatoms. The Morgan fingerprint density at radius 2 is 2.00 bits per heavy atom. The zero-order valence-corrected chi connectivity index (χ0v) is 13.2. The average molecular weight is 336 g/mol. The fourth-order valence-corrected chi connectivity index (χ4v) is 1.93. The summed E-state index contributed by atoms with van der Waals surface area (Å²) in [4.78, 5) is 35.2. The maximum Gasteiger partial charge on any atom is 0.437 e. The van der Waals surface area contributed by atoms with Gasteiger partial charge in [-0.2, -0.15) is 4.68 Å². The van der Waals surface area contributed by atoms with Gasteiger partial charge < -0.3 is 15.1 Å². The molecule has 2 rings (SSSR count). The molecule has 0 bridgehead atoms. The zero-order chi connectivity index (χ0) is 17.7. The minimum absolute atomic E-state index is 0.0235. The van der Waals surface area contributed by atoms with Crippen molar-refractivity contribution >= 4 is 11.8 Å². The first kappa shape index (κ1) is 17.4. The monoisotopic (exact) mass is 336 g/mol. The van der Waals surface area contributed by atoms with Crippen LogP contribution in [0.4, 0.5) is 4.39 Å². The summed E-state index contributed by atoms with van der Waals surface area (Å²) in [5, 5.41) is 8.92. The second-order valence-electron chi connectivity index (χ2n) is 5.02. The van der Waals surface area contributed by atoms with E-state index in [0.29, 0.717) is 12.1 Å². The van der Waals surface area contributed by atoms with Crippen molar-refractivity contribution in [2.24, 2.45) is 0 Å². The predicted octanol–water partition coefficient (Wildman–Crippen LogP) is 0.283. The Balaban J connectivity index is 2.05. The molecule has 8 nitrogen and oxygen atoms in total. The van der Waals surface area contributed by atoms with Crippen molar-refractivity contribution in [2.45, 2.75) is 26.4 Å². The van der Waals surface area contributed by atoms with Crippen LogP contribution in [0.15, 0.2) is 33.5 Å². The average Bonchev–Trinajstić information content (AvgIpc) is 2.89. The molecule has 0 aliphatic rings. The van der Waals surface area contributed by atoms with Gasteiger partial charge in [-0.3, -0.25) is 9.59 Å². The molecule has 2 aromatic rings. The van der Waals surface area contributed by atoms with Gasteiger partial charge in [0.25, 0.3) is 0 Å². The van der Waals surface area contributed by atoms with E-state index in [4.69, 9.17) is 4.42 Å². The lowest BCUT2D eigenvalue weighted by Crippen LogP contribution is -2.46. The van der Waals surface area contributed by atoms with Crippen LogP contribution < -0.4 is 16.4 Å². The van der Waals surface area contributed by atoms with Crippen molar-refractivity contribution in [3.05, 3.63) is 40.6 Å². The van der Waals surface area contributed by atoms with Crippen LogP contribution in [0, 0.1) is 5.82 Å². The van der Waals surface area contributed by atoms with Gasteiger partial charge >= 0.3 is 5.76 Å². The number of carbonyl (C=O) groups is 2. The second-order valence-corrected chi connectivity index (χ2v) is 5.02. The molecule has 1 heterocycles. The molecule has 1 aromatic heterocycles. The van der Waals surface area contributed by atoms with Gasteiger partial charge in [-0.25, -0.2) is 9.18 Å². The van der Waals surface area contributed by atoms with Crippen LogP contribution in [0.5, 0.6) is 0 Å². The number of rotatable bonds is 6. The Kier molecular flexibility index (Phi) is 5.46. The van der Waals surface area contributed by atoms with E-state index in [2.05, 4.69) is 15.7 Å². The van der Waals surface area contributed by atoms with E-state index in [0.717, 1.165) is 4.68 Å². The van der Waals surface area contributed by atoms with Crippen LogP contribution in [-0.2, 0) is 16.1 Å². The van der Waals surface area contributed by atoms with E-state index in [9.17, 15) is 18.8 Å². The largest absolute Gasteiger partial charge is 0.437 e. The van der Waals surface area contributed by atoms with Crippen LogP contribution in [-0.4, -0.2) is 34.2 Å². The van der Waals surface area contributed by atoms with Crippen LogP contribution in [0.3, 0.4) is 0 Å². The summed E-state index contributed by atoms with van der Waals surface area (Å²) in [5.41, 5.74) is 0.406. The van der Waals surface area contributed by atoms with Gasteiger partial charge in [0.1, 0.15) is 18.4 Å². The van der Waals surface area contributed by atoms with Crippen molar-refractivity contribution in [1.82, 2.24) is 20.4 Å². The number of likely N-dealkylation sites (N-methyl/N-ethyl adjacent to an activating group) is 1. The summed E-state index contributed by atoms with van der Waals surface area (Å²) < 4.78 is 18.7. The topological polar surface area (TPSA) is 106 Å². The molecular weight excluding hydrogens is 319 g/mol. The quantitative estimate of drug-likeness (QED) is 0.788. The Morgan fingerprint density at radius 3 is 2.62 bits per heavy atom. The lowest BCUT2D eigenvalue weighted by molar-refractivity contribution is -0.129. The number of halogens is 1. The molecule has 128 valence electrons. The maximum absolute atomic E-state index is 12.9. The van der Waals surface area contributed by atoms with E-state index in [1.807, 2.05) is 0 Å². The minimum Gasteiger partial charge on any atom is -0.388 e. The highest BCUT2D eigenvalue weighted by molar-refractivity contribution is 5.87. The SMILES string of the molecule is CCNC(=O)[C@@H](C)NC(=O)Cn1nc(-c2ccc(F)cc2)oc1=O. The first-order valence-electron chi connectivity index (χ1n) is 7.31. The Labute approximate surface area is 136 Å². The summed E-state index contributed by atoms with van der Waals surface area (Å²) in [6, 6.07) is 4.48. The molecule has 0 unspecified atom stereocenters. The van der Waals surface area contributed by atoms with Crippen LogP contribution in [0.25, 0.3) is 11.5 Å². The fourth-order valence-electron chi connectivity index (χ4n) is 1.93. The minimum atomic E-state index is -0.824. The number of hydrogen-bond donors (Lipinski definition) is 2. The number of nitrogens with one attached hydrogen (secondary N) is 2. The number of aromatic nitrogens is 2. The third-order valence-electron chi connectivity index (χ3n) is 3.11. The predicted molar refractivity (Wildman–Crippen MR) is 82.4 cm³/mol. The molecular formula is C15H17FN4O4. The van der Waals surface area contributed by atoms with E-state index in [1.165, 1.54) is 31.2 Å². The number of hydrogen-bond acceptors (Lipinski definition) is 5. The Morgan fingerprint density at radius 1 is 1.33 bits per heavy atom. The molecule has 0 saturated carbocycles. The molecule has 0 spiro atoms. The van der Waals surface area contributed by atoms with Crippen LogP contribution in [0.2, 0.25) is 0 Å². The van der Waals surface area contributed by atoms with Crippen molar-refractivity contribution in [3.8, 4) is 11.5 Å². The van der Waals surface area contributed by atoms with Crippen molar-refractivity contribution in [2.75, 3.05) is 6.54 Å². The highest BCUT2D eigenvalue weighted by Crippen LogP contribution is 2.15. The Bertz CT molecular complexity index is 782. The first-order valence-corrected chi connectivity index (χ1v) is 7.31. The van der Waals surface area contributed by atoms with E-state index in [1.54, 1.807) is 6.92 Å². The molecule has 2 N–H and O–H groups in total. The van der Waals surface area contributed by atoms with Gasteiger partial charge in [-0.15, -0.1) is 5.10 Å². The lowest BCUT2D eigenvalue weighted by atomic mass is 10.2. The zero-order valence-electron chi connectivity index (χ0n) is 13.2. The van der Waals surface area contributed by atoms with Gasteiger partial charge in [-0.1, -0.05) is 0 Å². The maximum atomic E-state index is 12.9. The van der Waals surface area contributed by atoms with E-state index >= 15 is 0 Å². The third kappa shape index (κ3) is 4.28. The molecule has 1 atom stereocenters. The Hall–Kier alpha value is -2.97. The lowest BCUT2D eigenvalue weighted by Gasteiger charge is -2.12. The second kappa shape index (κ2) is 7.53. The highest BCUT2D eigenvalue weighted by Gasteiger charge is 2.17. The van der Waals surface area contributed by atoms with Gasteiger partial charge in [-0.05, 0) is 38.1 Å². The van der Waals surface area contributed by atoms with Gasteiger partial charge in [0.15, 0.2) is 0 Å². The molecule has 0 radical (unpaired) electrons. The van der Waals surface area contributed by atoms with E-state index < -0.39 is 30.1 Å². The van der Waals surface area contributed by atoms with Crippen molar-refractivity contribution < 1.29 is 18.4 Å². The molecule has 24 heavy (non-hydrogen) atoms. The van der Waals surface area contributed by atoms with Crippen molar-refractivity contribution in [1.29, 1.82) is 0 Å². The molecule has 0 aliphatic heterocycles. The molecule has 0 aliphatic carbocycles. The number of amides is 2. The summed E-state index contributed by atoms with van der Waals surface area (Å²) in [6.45, 7) is 3.34. The van der Waals surface area contributed by atoms with Gasteiger partial charge in [0.2, 0.25) is 17.7 Å². The van der Waals surface area contributed by atoms with Crippen molar-refractivity contribution in [3.63, 3.8) is 0 Å². The first-order chi connectivity index (χ1) is 11.4. The summed E-state index contributed by atoms with van der Waals surface area (Å²) >= 11 is 0. The van der Waals surface area contributed by atoms with Gasteiger partial charge in [0, 0.05) is 12.1 Å². The molecule has 2 amide bonds. The third-order valence-corrected chi connectivity index (χ3v) is 3.11. The normalized spacial score (nSPS) is 11.8. The molecule has 1 aromatic carbocycles. The van der Waals surface area contributed by atoms with Crippen LogP contribution in [0.1, 0.15) is 13.8 Å². The fraction of sp³-hybridized carbons (Fsp3) is 0.333.